The Morgan fingerprint density at radius 1 is 2.00 bits per heavy atom. The third kappa shape index (κ3) is 4.27. The molecule has 0 aliphatic heterocycles. The summed E-state index contributed by atoms with van der Waals surface area (Å²) in [5.74, 6) is 0. The van der Waals surface area contributed by atoms with Crippen LogP contribution in [0, 0.1) is 0 Å². The van der Waals surface area contributed by atoms with Gasteiger partial charge < -0.3 is 3.79 Å². The smallest absolute Gasteiger partial charge is 0.413 e. The van der Waals surface area contributed by atoms with Crippen molar-refractivity contribution >= 4 is 16.6 Å². The van der Waals surface area contributed by atoms with Crippen LogP contribution in [-0.4, -0.2) is 23.0 Å². The molecule has 0 amide bonds. The van der Waals surface area contributed by atoms with Crippen LogP contribution >= 0.6 is 0 Å². The minimum absolute atomic E-state index is 0. The summed E-state index contributed by atoms with van der Waals surface area (Å²) in [6, 6.07) is 0. The first-order valence-corrected chi connectivity index (χ1v) is 3.29. The van der Waals surface area contributed by atoms with Gasteiger partial charge >= 0.3 is 16.6 Å². The lowest BCUT2D eigenvalue weighted by Gasteiger charge is -2.02. The molecule has 0 aromatic carbocycles. The van der Waals surface area contributed by atoms with Crippen molar-refractivity contribution in [2.75, 3.05) is 0 Å². The van der Waals surface area contributed by atoms with Crippen molar-refractivity contribution < 1.29 is 9.61 Å². The van der Waals surface area contributed by atoms with E-state index in [-0.39, 0.29) is 1.43 Å². The lowest BCUT2D eigenvalue weighted by Crippen LogP contribution is -2.01. The van der Waals surface area contributed by atoms with Gasteiger partial charge in [-0.15, -0.1) is 0 Å². The van der Waals surface area contributed by atoms with Gasteiger partial charge in [-0.1, -0.05) is 13.3 Å². The molecule has 0 aromatic rings. The topological polar surface area (TPSA) is 9.23 Å². The van der Waals surface area contributed by atoms with E-state index in [1.807, 2.05) is 6.92 Å². The highest BCUT2D eigenvalue weighted by atomic mass is 27.1. The summed E-state index contributed by atoms with van der Waals surface area (Å²) in [6.07, 6.45) is 0.420. The predicted octanol–water partition coefficient (Wildman–Crippen LogP) is 0.893. The van der Waals surface area contributed by atoms with Crippen molar-refractivity contribution in [2.24, 2.45) is 0 Å². The second-order valence-corrected chi connectivity index (χ2v) is 1.91. The SMILES string of the molecule is CCCC(F)[O][AlH2].[HH]. The molecular weight excluding hydrogens is 110 g/mol. The molecule has 0 spiro atoms. The van der Waals surface area contributed by atoms with E-state index < -0.39 is 6.36 Å². The molecule has 0 radical (unpaired) electrons. The number of hydrogen-bond donors (Lipinski definition) is 0. The van der Waals surface area contributed by atoms with Gasteiger partial charge in [-0.2, -0.15) is 0 Å². The van der Waals surface area contributed by atoms with Gasteiger partial charge in [0.05, 0.1) is 0 Å². The average molecular weight is 122 g/mol. The van der Waals surface area contributed by atoms with Gasteiger partial charge in [0.1, 0.15) is 0 Å². The standard InChI is InChI=1S/C4H8FO.Al.H2.2H/c1-2-3-4(5)6;;;;/h4H,2-3H2,1H3;;1H;;/q-1;+1;;;. The second-order valence-electron chi connectivity index (χ2n) is 1.43. The highest BCUT2D eigenvalue weighted by Gasteiger charge is 1.96. The molecule has 0 saturated carbocycles. The van der Waals surface area contributed by atoms with Crippen LogP contribution < -0.4 is 0 Å². The number of hydrogen-bond acceptors (Lipinski definition) is 1. The zero-order chi connectivity index (χ0) is 5.70. The van der Waals surface area contributed by atoms with Crippen molar-refractivity contribution in [2.45, 2.75) is 26.1 Å². The van der Waals surface area contributed by atoms with E-state index >= 15 is 0 Å². The van der Waals surface area contributed by atoms with Gasteiger partial charge in [-0.25, -0.2) is 4.39 Å². The fourth-order valence-electron chi connectivity index (χ4n) is 0.345. The summed E-state index contributed by atoms with van der Waals surface area (Å²) in [6.45, 7) is 1.94. The van der Waals surface area contributed by atoms with Gasteiger partial charge in [0.25, 0.3) is 0 Å². The van der Waals surface area contributed by atoms with Crippen LogP contribution in [0.25, 0.3) is 0 Å². The number of rotatable bonds is 3. The maximum absolute atomic E-state index is 11.9. The third-order valence-corrected chi connectivity index (χ3v) is 1.28. The lowest BCUT2D eigenvalue weighted by atomic mass is 10.3. The van der Waals surface area contributed by atoms with Crippen molar-refractivity contribution in [3.8, 4) is 0 Å². The van der Waals surface area contributed by atoms with Crippen LogP contribution in [-0.2, 0) is 3.79 Å². The van der Waals surface area contributed by atoms with E-state index in [2.05, 4.69) is 3.79 Å². The first-order chi connectivity index (χ1) is 3.31. The Hall–Kier alpha value is 0.422. The summed E-state index contributed by atoms with van der Waals surface area (Å²) in [4.78, 5) is 0. The van der Waals surface area contributed by atoms with Gasteiger partial charge in [0.2, 0.25) is 0 Å². The Balaban J connectivity index is 0. The van der Waals surface area contributed by atoms with Crippen LogP contribution in [0.3, 0.4) is 0 Å². The van der Waals surface area contributed by atoms with Gasteiger partial charge in [-0.05, 0) is 0 Å². The molecule has 0 aliphatic carbocycles. The molecule has 3 heteroatoms. The summed E-state index contributed by atoms with van der Waals surface area (Å²) < 4.78 is 16.4. The molecule has 0 rings (SSSR count). The van der Waals surface area contributed by atoms with E-state index in [1.54, 1.807) is 0 Å². The fraction of sp³-hybridized carbons (Fsp3) is 1.00. The van der Waals surface area contributed by atoms with Crippen molar-refractivity contribution in [1.82, 2.24) is 0 Å². The molecule has 0 N–H and O–H groups in total. The van der Waals surface area contributed by atoms with E-state index in [0.29, 0.717) is 23.0 Å². The minimum Gasteiger partial charge on any atom is -0.481 e. The van der Waals surface area contributed by atoms with Crippen LogP contribution in [0.2, 0.25) is 0 Å². The van der Waals surface area contributed by atoms with Crippen LogP contribution in [0.4, 0.5) is 4.39 Å². The van der Waals surface area contributed by atoms with E-state index in [0.717, 1.165) is 6.42 Å². The molecular formula is C4H12AlFO. The Morgan fingerprint density at radius 2 is 2.57 bits per heavy atom. The summed E-state index contributed by atoms with van der Waals surface area (Å²) in [5, 5.41) is 0. The van der Waals surface area contributed by atoms with E-state index in [9.17, 15) is 4.39 Å². The zero-order valence-electron chi connectivity index (χ0n) is 4.78. The number of alkyl halides is 1. The third-order valence-electron chi connectivity index (χ3n) is 0.771. The number of halogens is 1. The first-order valence-electron chi connectivity index (χ1n) is 2.48. The Kier molecular flexibility index (Phi) is 4.85. The zero-order valence-corrected chi connectivity index (χ0v) is 6.78. The molecule has 0 fully saturated rings. The van der Waals surface area contributed by atoms with E-state index in [1.165, 1.54) is 0 Å². The minimum atomic E-state index is -0.989. The Bertz CT molecular complexity index is 47.0. The quantitative estimate of drug-likeness (QED) is 0.505. The second kappa shape index (κ2) is 4.58. The van der Waals surface area contributed by atoms with Crippen molar-refractivity contribution in [1.29, 1.82) is 0 Å². The molecule has 0 aromatic heterocycles. The highest BCUT2D eigenvalue weighted by Crippen LogP contribution is 1.99. The molecule has 0 bridgehead atoms. The highest BCUT2D eigenvalue weighted by molar-refractivity contribution is 5.98. The largest absolute Gasteiger partial charge is 0.481 e. The molecule has 0 aliphatic rings. The Labute approximate surface area is 53.1 Å². The van der Waals surface area contributed by atoms with E-state index in [4.69, 9.17) is 0 Å². The average Bonchev–Trinajstić information content (AvgIpc) is 1.68. The maximum atomic E-state index is 11.9. The van der Waals surface area contributed by atoms with Crippen molar-refractivity contribution in [3.63, 3.8) is 0 Å². The molecule has 7 heavy (non-hydrogen) atoms. The van der Waals surface area contributed by atoms with Gasteiger partial charge in [0.15, 0.2) is 6.36 Å². The first kappa shape index (κ1) is 7.42. The maximum Gasteiger partial charge on any atom is 0.413 e. The summed E-state index contributed by atoms with van der Waals surface area (Å²) in [5.41, 5.74) is 0. The normalized spacial score (nSPS) is 14.0. The van der Waals surface area contributed by atoms with Crippen LogP contribution in [0.15, 0.2) is 0 Å². The van der Waals surface area contributed by atoms with Crippen LogP contribution in [0.5, 0.6) is 0 Å². The molecule has 1 nitrogen and oxygen atoms in total. The Morgan fingerprint density at radius 3 is 2.71 bits per heavy atom. The molecule has 1 unspecified atom stereocenters. The molecule has 44 valence electrons. The molecule has 1 atom stereocenters. The van der Waals surface area contributed by atoms with Gasteiger partial charge in [0, 0.05) is 7.85 Å². The van der Waals surface area contributed by atoms with Crippen molar-refractivity contribution in [3.05, 3.63) is 0 Å². The van der Waals surface area contributed by atoms with Crippen LogP contribution in [0.1, 0.15) is 21.2 Å². The summed E-state index contributed by atoms with van der Waals surface area (Å²) in [7, 11) is 0. The van der Waals surface area contributed by atoms with Gasteiger partial charge in [-0.3, -0.25) is 0 Å². The lowest BCUT2D eigenvalue weighted by molar-refractivity contribution is 0.0684. The fourth-order valence-corrected chi connectivity index (χ4v) is 0.581. The molecule has 0 heterocycles. The predicted molar refractivity (Wildman–Crippen MR) is 31.5 cm³/mol. The molecule has 0 saturated heterocycles. The monoisotopic (exact) mass is 122 g/mol. The summed E-state index contributed by atoms with van der Waals surface area (Å²) >= 11 is 0.512.